The molecule has 0 bridgehead atoms. The Morgan fingerprint density at radius 1 is 0.931 bits per heavy atom. The third-order valence-corrected chi connectivity index (χ3v) is 4.55. The zero-order valence-corrected chi connectivity index (χ0v) is 17.1. The molecule has 1 amide bonds. The second-order valence-electron chi connectivity index (χ2n) is 5.88. The number of para-hydroxylation sites is 3. The lowest BCUT2D eigenvalue weighted by Crippen LogP contribution is -2.21. The Kier molecular flexibility index (Phi) is 6.86. The smallest absolute Gasteiger partial charge is 0.339 e. The molecule has 0 atom stereocenters. The van der Waals surface area contributed by atoms with Gasteiger partial charge in [-0.3, -0.25) is 4.79 Å². The average molecular weight is 456 g/mol. The number of carbonyl (C=O) groups is 2. The number of ether oxygens (including phenoxy) is 3. The summed E-state index contributed by atoms with van der Waals surface area (Å²) in [6.45, 7) is -0.442. The summed E-state index contributed by atoms with van der Waals surface area (Å²) in [6, 6.07) is 21.1. The Morgan fingerprint density at radius 3 is 2.41 bits per heavy atom. The average Bonchev–Trinajstić information content (AvgIpc) is 2.74. The van der Waals surface area contributed by atoms with Crippen LogP contribution in [-0.4, -0.2) is 25.6 Å². The van der Waals surface area contributed by atoms with Crippen molar-refractivity contribution in [3.63, 3.8) is 0 Å². The largest absolute Gasteiger partial charge is 0.497 e. The lowest BCUT2D eigenvalue weighted by Gasteiger charge is -2.12. The Labute approximate surface area is 176 Å². The number of hydrogen-bond acceptors (Lipinski definition) is 5. The Bertz CT molecular complexity index is 1010. The maximum absolute atomic E-state index is 12.3. The van der Waals surface area contributed by atoms with Crippen molar-refractivity contribution in [1.29, 1.82) is 0 Å². The van der Waals surface area contributed by atoms with E-state index in [2.05, 4.69) is 21.2 Å². The highest BCUT2D eigenvalue weighted by atomic mass is 79.9. The molecule has 0 aliphatic rings. The number of methoxy groups -OCH3 is 1. The van der Waals surface area contributed by atoms with Crippen molar-refractivity contribution in [2.24, 2.45) is 0 Å². The van der Waals surface area contributed by atoms with Gasteiger partial charge in [-0.25, -0.2) is 4.79 Å². The minimum Gasteiger partial charge on any atom is -0.497 e. The highest BCUT2D eigenvalue weighted by molar-refractivity contribution is 9.10. The molecule has 0 aliphatic heterocycles. The molecule has 3 aromatic carbocycles. The third-order valence-electron chi connectivity index (χ3n) is 3.86. The number of hydrogen-bond donors (Lipinski definition) is 1. The molecular weight excluding hydrogens is 438 g/mol. The van der Waals surface area contributed by atoms with Crippen molar-refractivity contribution in [2.45, 2.75) is 0 Å². The standard InChI is InChI=1S/C22H18BrNO5/c1-27-16-11-12-18(23)17(13-16)22(26)28-14-21(25)24-19-9-5-6-10-20(19)29-15-7-3-2-4-8-15/h2-13H,14H2,1H3,(H,24,25). The third kappa shape index (κ3) is 5.58. The Hall–Kier alpha value is -3.32. The van der Waals surface area contributed by atoms with E-state index in [-0.39, 0.29) is 5.56 Å². The van der Waals surface area contributed by atoms with Gasteiger partial charge < -0.3 is 19.5 Å². The summed E-state index contributed by atoms with van der Waals surface area (Å²) in [5.41, 5.74) is 0.741. The van der Waals surface area contributed by atoms with Gasteiger partial charge in [0.2, 0.25) is 0 Å². The van der Waals surface area contributed by atoms with Gasteiger partial charge in [-0.05, 0) is 58.4 Å². The van der Waals surface area contributed by atoms with Gasteiger partial charge in [-0.1, -0.05) is 30.3 Å². The molecule has 29 heavy (non-hydrogen) atoms. The highest BCUT2D eigenvalue weighted by Gasteiger charge is 2.16. The first kappa shape index (κ1) is 20.4. The van der Waals surface area contributed by atoms with E-state index in [1.807, 2.05) is 30.3 Å². The molecule has 0 heterocycles. The number of rotatable bonds is 7. The van der Waals surface area contributed by atoms with E-state index in [1.54, 1.807) is 36.4 Å². The maximum atomic E-state index is 12.3. The van der Waals surface area contributed by atoms with Gasteiger partial charge in [0.15, 0.2) is 12.4 Å². The molecule has 7 heteroatoms. The SMILES string of the molecule is COc1ccc(Br)c(C(=O)OCC(=O)Nc2ccccc2Oc2ccccc2)c1. The Morgan fingerprint density at radius 2 is 1.66 bits per heavy atom. The predicted molar refractivity (Wildman–Crippen MR) is 113 cm³/mol. The summed E-state index contributed by atoms with van der Waals surface area (Å²) in [5, 5.41) is 2.70. The van der Waals surface area contributed by atoms with Crippen LogP contribution in [0.4, 0.5) is 5.69 Å². The number of carbonyl (C=O) groups excluding carboxylic acids is 2. The van der Waals surface area contributed by atoms with Crippen LogP contribution >= 0.6 is 15.9 Å². The first-order valence-electron chi connectivity index (χ1n) is 8.69. The van der Waals surface area contributed by atoms with E-state index in [1.165, 1.54) is 13.2 Å². The minimum atomic E-state index is -0.639. The van der Waals surface area contributed by atoms with Crippen LogP contribution < -0.4 is 14.8 Å². The van der Waals surface area contributed by atoms with Crippen molar-refractivity contribution in [2.75, 3.05) is 19.0 Å². The number of benzene rings is 3. The fraction of sp³-hybridized carbons (Fsp3) is 0.0909. The van der Waals surface area contributed by atoms with Crippen molar-refractivity contribution in [3.05, 3.63) is 82.8 Å². The van der Waals surface area contributed by atoms with Crippen molar-refractivity contribution >= 4 is 33.5 Å². The summed E-state index contributed by atoms with van der Waals surface area (Å²) < 4.78 is 16.6. The van der Waals surface area contributed by atoms with Gasteiger partial charge in [0.05, 0.1) is 18.4 Å². The van der Waals surface area contributed by atoms with E-state index in [4.69, 9.17) is 14.2 Å². The van der Waals surface area contributed by atoms with Crippen LogP contribution in [0, 0.1) is 0 Å². The number of esters is 1. The molecule has 3 rings (SSSR count). The molecule has 0 saturated heterocycles. The van der Waals surface area contributed by atoms with Crippen LogP contribution in [0.25, 0.3) is 0 Å². The fourth-order valence-corrected chi connectivity index (χ4v) is 2.87. The zero-order chi connectivity index (χ0) is 20.6. The van der Waals surface area contributed by atoms with Crippen LogP contribution in [0.2, 0.25) is 0 Å². The van der Waals surface area contributed by atoms with Gasteiger partial charge in [-0.2, -0.15) is 0 Å². The number of anilines is 1. The molecular formula is C22H18BrNO5. The summed E-state index contributed by atoms with van der Waals surface area (Å²) in [5.74, 6) is 0.509. The first-order valence-corrected chi connectivity index (χ1v) is 9.48. The number of nitrogens with one attached hydrogen (secondary N) is 1. The fourth-order valence-electron chi connectivity index (χ4n) is 2.46. The summed E-state index contributed by atoms with van der Waals surface area (Å²) in [7, 11) is 1.50. The van der Waals surface area contributed by atoms with Crippen molar-refractivity contribution in [3.8, 4) is 17.2 Å². The molecule has 0 saturated carbocycles. The monoisotopic (exact) mass is 455 g/mol. The molecule has 0 unspecified atom stereocenters. The molecule has 1 N–H and O–H groups in total. The lowest BCUT2D eigenvalue weighted by atomic mass is 10.2. The Balaban J connectivity index is 1.62. The molecule has 0 radical (unpaired) electrons. The molecule has 0 spiro atoms. The molecule has 3 aromatic rings. The predicted octanol–water partition coefficient (Wildman–Crippen LogP) is 5.05. The number of amides is 1. The van der Waals surface area contributed by atoms with E-state index in [0.29, 0.717) is 27.4 Å². The van der Waals surface area contributed by atoms with Crippen LogP contribution in [0.5, 0.6) is 17.2 Å². The summed E-state index contributed by atoms with van der Waals surface area (Å²) in [4.78, 5) is 24.6. The van der Waals surface area contributed by atoms with E-state index < -0.39 is 18.5 Å². The highest BCUT2D eigenvalue weighted by Crippen LogP contribution is 2.29. The topological polar surface area (TPSA) is 73.9 Å². The van der Waals surface area contributed by atoms with Crippen molar-refractivity contribution in [1.82, 2.24) is 0 Å². The van der Waals surface area contributed by atoms with Gasteiger partial charge >= 0.3 is 5.97 Å². The van der Waals surface area contributed by atoms with Gasteiger partial charge in [-0.15, -0.1) is 0 Å². The van der Waals surface area contributed by atoms with Gasteiger partial charge in [0.1, 0.15) is 11.5 Å². The first-order chi connectivity index (χ1) is 14.1. The normalized spacial score (nSPS) is 10.1. The van der Waals surface area contributed by atoms with E-state index in [9.17, 15) is 9.59 Å². The summed E-state index contributed by atoms with van der Waals surface area (Å²) in [6.07, 6.45) is 0. The van der Waals surface area contributed by atoms with Crippen LogP contribution in [0.15, 0.2) is 77.3 Å². The molecule has 0 aliphatic carbocycles. The molecule has 6 nitrogen and oxygen atoms in total. The van der Waals surface area contributed by atoms with Crippen molar-refractivity contribution < 1.29 is 23.8 Å². The molecule has 148 valence electrons. The summed E-state index contributed by atoms with van der Waals surface area (Å²) >= 11 is 3.29. The van der Waals surface area contributed by atoms with E-state index in [0.717, 1.165) is 0 Å². The van der Waals surface area contributed by atoms with Gasteiger partial charge in [0, 0.05) is 4.47 Å². The molecule has 0 aromatic heterocycles. The minimum absolute atomic E-state index is 0.268. The van der Waals surface area contributed by atoms with Crippen LogP contribution in [0.1, 0.15) is 10.4 Å². The van der Waals surface area contributed by atoms with Gasteiger partial charge in [0.25, 0.3) is 5.91 Å². The van der Waals surface area contributed by atoms with Crippen LogP contribution in [-0.2, 0) is 9.53 Å². The zero-order valence-electron chi connectivity index (χ0n) is 15.6. The lowest BCUT2D eigenvalue weighted by molar-refractivity contribution is -0.119. The van der Waals surface area contributed by atoms with Crippen LogP contribution in [0.3, 0.4) is 0 Å². The number of halogens is 1. The van der Waals surface area contributed by atoms with E-state index >= 15 is 0 Å². The second kappa shape index (κ2) is 9.75. The molecule has 0 fully saturated rings. The second-order valence-corrected chi connectivity index (χ2v) is 6.74. The quantitative estimate of drug-likeness (QED) is 0.504. The maximum Gasteiger partial charge on any atom is 0.339 e.